The summed E-state index contributed by atoms with van der Waals surface area (Å²) in [6, 6.07) is 16.0. The summed E-state index contributed by atoms with van der Waals surface area (Å²) < 4.78 is 22.9. The molecule has 0 atom stereocenters. The van der Waals surface area contributed by atoms with Gasteiger partial charge in [0, 0.05) is 36.4 Å². The molecular formula is C21H23NO4S. The lowest BCUT2D eigenvalue weighted by atomic mass is 9.88. The van der Waals surface area contributed by atoms with Gasteiger partial charge in [-0.05, 0) is 30.5 Å². The molecule has 1 fully saturated rings. The van der Waals surface area contributed by atoms with Gasteiger partial charge in [0.05, 0.1) is 5.75 Å². The van der Waals surface area contributed by atoms with E-state index in [1.165, 1.54) is 6.26 Å². The summed E-state index contributed by atoms with van der Waals surface area (Å²) >= 11 is 0. The third kappa shape index (κ3) is 5.04. The second-order valence-electron chi connectivity index (χ2n) is 7.07. The Morgan fingerprint density at radius 3 is 2.22 bits per heavy atom. The number of hydrogen-bond acceptors (Lipinski definition) is 4. The van der Waals surface area contributed by atoms with E-state index in [1.807, 2.05) is 30.3 Å². The minimum Gasteiger partial charge on any atom is -0.339 e. The van der Waals surface area contributed by atoms with Crippen LogP contribution in [0.5, 0.6) is 0 Å². The minimum absolute atomic E-state index is 0.0620. The van der Waals surface area contributed by atoms with Gasteiger partial charge in [0.2, 0.25) is 0 Å². The maximum Gasteiger partial charge on any atom is 0.253 e. The van der Waals surface area contributed by atoms with E-state index in [0.717, 1.165) is 5.56 Å². The van der Waals surface area contributed by atoms with Crippen molar-refractivity contribution in [2.45, 2.75) is 18.6 Å². The monoisotopic (exact) mass is 385 g/mol. The van der Waals surface area contributed by atoms with Crippen molar-refractivity contribution in [2.24, 2.45) is 5.92 Å². The molecule has 0 saturated carbocycles. The molecule has 6 heteroatoms. The number of nitrogens with zero attached hydrogens (tertiary/aromatic N) is 1. The molecule has 2 aromatic rings. The van der Waals surface area contributed by atoms with Gasteiger partial charge in [-0.2, -0.15) is 0 Å². The predicted octanol–water partition coefficient (Wildman–Crippen LogP) is 2.97. The van der Waals surface area contributed by atoms with Gasteiger partial charge in [-0.1, -0.05) is 42.5 Å². The number of amides is 1. The molecule has 1 saturated heterocycles. The lowest BCUT2D eigenvalue weighted by Crippen LogP contribution is -2.40. The van der Waals surface area contributed by atoms with E-state index in [-0.39, 0.29) is 23.4 Å². The fourth-order valence-electron chi connectivity index (χ4n) is 3.46. The molecule has 0 bridgehead atoms. The molecule has 3 rings (SSSR count). The highest BCUT2D eigenvalue weighted by Crippen LogP contribution is 2.23. The average molecular weight is 385 g/mol. The number of ketones is 1. The van der Waals surface area contributed by atoms with Gasteiger partial charge in [-0.25, -0.2) is 8.42 Å². The summed E-state index contributed by atoms with van der Waals surface area (Å²) in [4.78, 5) is 27.1. The molecule has 2 aromatic carbocycles. The van der Waals surface area contributed by atoms with Gasteiger partial charge >= 0.3 is 0 Å². The third-order valence-electron chi connectivity index (χ3n) is 4.81. The summed E-state index contributed by atoms with van der Waals surface area (Å²) in [5.41, 5.74) is 1.82. The number of carbonyl (C=O) groups is 2. The molecular weight excluding hydrogens is 362 g/mol. The SMILES string of the molecule is CS(=O)(=O)Cc1cccc(C(=O)N2CCC(C(=O)c3ccccc3)CC2)c1. The van der Waals surface area contributed by atoms with Crippen LogP contribution in [0.2, 0.25) is 0 Å². The number of likely N-dealkylation sites (tertiary alicyclic amines) is 1. The average Bonchev–Trinajstić information content (AvgIpc) is 2.66. The molecule has 0 aromatic heterocycles. The van der Waals surface area contributed by atoms with Crippen LogP contribution in [0.3, 0.4) is 0 Å². The highest BCUT2D eigenvalue weighted by atomic mass is 32.2. The Bertz CT molecular complexity index is 930. The molecule has 0 spiro atoms. The molecule has 1 aliphatic heterocycles. The van der Waals surface area contributed by atoms with Gasteiger partial charge in [0.15, 0.2) is 15.6 Å². The highest BCUT2D eigenvalue weighted by molar-refractivity contribution is 7.89. The lowest BCUT2D eigenvalue weighted by molar-refractivity contribution is 0.0650. The Morgan fingerprint density at radius 1 is 0.963 bits per heavy atom. The van der Waals surface area contributed by atoms with Crippen molar-refractivity contribution >= 4 is 21.5 Å². The van der Waals surface area contributed by atoms with Crippen molar-refractivity contribution in [3.8, 4) is 0 Å². The van der Waals surface area contributed by atoms with Crippen molar-refractivity contribution in [2.75, 3.05) is 19.3 Å². The van der Waals surface area contributed by atoms with Gasteiger partial charge in [0.1, 0.15) is 0 Å². The summed E-state index contributed by atoms with van der Waals surface area (Å²) in [5.74, 6) is -0.122. The molecule has 27 heavy (non-hydrogen) atoms. The number of sulfone groups is 1. The minimum atomic E-state index is -3.15. The zero-order valence-electron chi connectivity index (χ0n) is 15.3. The van der Waals surface area contributed by atoms with Crippen LogP contribution in [-0.2, 0) is 15.6 Å². The molecule has 1 heterocycles. The predicted molar refractivity (Wildman–Crippen MR) is 104 cm³/mol. The van der Waals surface area contributed by atoms with Crippen LogP contribution < -0.4 is 0 Å². The van der Waals surface area contributed by atoms with Crippen molar-refractivity contribution < 1.29 is 18.0 Å². The fraction of sp³-hybridized carbons (Fsp3) is 0.333. The maximum atomic E-state index is 12.8. The summed E-state index contributed by atoms with van der Waals surface area (Å²) in [5, 5.41) is 0. The van der Waals surface area contributed by atoms with Crippen molar-refractivity contribution in [1.29, 1.82) is 0 Å². The van der Waals surface area contributed by atoms with E-state index in [9.17, 15) is 18.0 Å². The second-order valence-corrected chi connectivity index (χ2v) is 9.21. The van der Waals surface area contributed by atoms with Gasteiger partial charge in [-0.3, -0.25) is 9.59 Å². The normalized spacial score (nSPS) is 15.5. The summed E-state index contributed by atoms with van der Waals surface area (Å²) in [6.45, 7) is 1.05. The second kappa shape index (κ2) is 8.05. The first-order chi connectivity index (χ1) is 12.8. The van der Waals surface area contributed by atoms with Crippen LogP contribution >= 0.6 is 0 Å². The Kier molecular flexibility index (Phi) is 5.75. The van der Waals surface area contributed by atoms with E-state index >= 15 is 0 Å². The van der Waals surface area contributed by atoms with E-state index < -0.39 is 9.84 Å². The summed E-state index contributed by atoms with van der Waals surface area (Å²) in [7, 11) is -3.15. The fourth-order valence-corrected chi connectivity index (χ4v) is 4.25. The van der Waals surface area contributed by atoms with Gasteiger partial charge in [-0.15, -0.1) is 0 Å². The Hall–Kier alpha value is -2.47. The first-order valence-electron chi connectivity index (χ1n) is 8.99. The summed E-state index contributed by atoms with van der Waals surface area (Å²) in [6.07, 6.45) is 2.46. The largest absolute Gasteiger partial charge is 0.339 e. The molecule has 0 unspecified atom stereocenters. The third-order valence-corrected chi connectivity index (χ3v) is 5.67. The van der Waals surface area contributed by atoms with Crippen LogP contribution in [0.1, 0.15) is 39.1 Å². The Labute approximate surface area is 159 Å². The van der Waals surface area contributed by atoms with Crippen LogP contribution in [0, 0.1) is 5.92 Å². The molecule has 1 aliphatic rings. The number of carbonyl (C=O) groups excluding carboxylic acids is 2. The quantitative estimate of drug-likeness (QED) is 0.742. The van der Waals surface area contributed by atoms with Gasteiger partial charge in [0.25, 0.3) is 5.91 Å². The van der Waals surface area contributed by atoms with Crippen LogP contribution in [0.4, 0.5) is 0 Å². The first kappa shape index (κ1) is 19.3. The first-order valence-corrected chi connectivity index (χ1v) is 11.0. The van der Waals surface area contributed by atoms with Crippen molar-refractivity contribution in [3.05, 3.63) is 71.3 Å². The van der Waals surface area contributed by atoms with Crippen LogP contribution in [0.25, 0.3) is 0 Å². The molecule has 0 N–H and O–H groups in total. The number of benzene rings is 2. The molecule has 5 nitrogen and oxygen atoms in total. The topological polar surface area (TPSA) is 71.5 Å². The van der Waals surface area contributed by atoms with E-state index in [2.05, 4.69) is 0 Å². The zero-order valence-corrected chi connectivity index (χ0v) is 16.1. The van der Waals surface area contributed by atoms with E-state index in [1.54, 1.807) is 29.2 Å². The Balaban J connectivity index is 1.63. The molecule has 1 amide bonds. The van der Waals surface area contributed by atoms with E-state index in [4.69, 9.17) is 0 Å². The molecule has 142 valence electrons. The number of rotatable bonds is 5. The lowest BCUT2D eigenvalue weighted by Gasteiger charge is -2.31. The van der Waals surface area contributed by atoms with Crippen molar-refractivity contribution in [1.82, 2.24) is 4.90 Å². The standard InChI is InChI=1S/C21H23NO4S/c1-27(25,26)15-16-6-5-9-19(14-16)21(24)22-12-10-18(11-13-22)20(23)17-7-3-2-4-8-17/h2-9,14,18H,10-13,15H2,1H3. The number of piperidine rings is 1. The van der Waals surface area contributed by atoms with Crippen molar-refractivity contribution in [3.63, 3.8) is 0 Å². The van der Waals surface area contributed by atoms with Crippen LogP contribution in [0.15, 0.2) is 54.6 Å². The zero-order chi connectivity index (χ0) is 19.4. The van der Waals surface area contributed by atoms with Gasteiger partial charge < -0.3 is 4.90 Å². The highest BCUT2D eigenvalue weighted by Gasteiger charge is 2.28. The molecule has 0 aliphatic carbocycles. The smallest absolute Gasteiger partial charge is 0.253 e. The Morgan fingerprint density at radius 2 is 1.59 bits per heavy atom. The maximum absolute atomic E-state index is 12.8. The molecule has 0 radical (unpaired) electrons. The van der Waals surface area contributed by atoms with E-state index in [0.29, 0.717) is 37.1 Å². The number of Topliss-reactive ketones (excluding diaryl/α,β-unsaturated/α-hetero) is 1. The van der Waals surface area contributed by atoms with Crippen LogP contribution in [-0.4, -0.2) is 44.4 Å². The number of hydrogen-bond donors (Lipinski definition) is 0.